The Balaban J connectivity index is 1.92. The molecule has 1 aromatic carbocycles. The summed E-state index contributed by atoms with van der Waals surface area (Å²) in [6.45, 7) is 0.471. The molecule has 3 rings (SSSR count). The number of likely N-dealkylation sites (tertiary alicyclic amines) is 1. The molecule has 126 valence electrons. The van der Waals surface area contributed by atoms with Crippen molar-refractivity contribution in [1.29, 1.82) is 0 Å². The quantitative estimate of drug-likeness (QED) is 0.901. The number of carbonyl (C=O) groups is 2. The highest BCUT2D eigenvalue weighted by Crippen LogP contribution is 2.18. The van der Waals surface area contributed by atoms with E-state index in [1.165, 1.54) is 6.20 Å². The summed E-state index contributed by atoms with van der Waals surface area (Å²) < 4.78 is 0. The molecule has 0 aliphatic carbocycles. The number of amides is 2. The molecule has 0 spiro atoms. The van der Waals surface area contributed by atoms with Crippen LogP contribution in [-0.2, 0) is 4.79 Å². The smallest absolute Gasteiger partial charge is 0.259 e. The van der Waals surface area contributed by atoms with Gasteiger partial charge >= 0.3 is 0 Å². The van der Waals surface area contributed by atoms with Gasteiger partial charge in [-0.3, -0.25) is 14.4 Å². The third kappa shape index (κ3) is 2.89. The standard InChI is InChI=1S/C17H18ClN3O3/c1-20-9-11(4-6-15(20)22)21(2)17(24)13-8-19-14-5-3-10(18)7-12(14)16(13)23/h3,5,7-8,11H,4,6,9H2,1-2H3,(H,19,23). The number of likely N-dealkylation sites (N-methyl/N-ethyl adjacent to an activating group) is 2. The number of halogens is 1. The Hall–Kier alpha value is -2.34. The first-order chi connectivity index (χ1) is 11.4. The fourth-order valence-electron chi connectivity index (χ4n) is 3.01. The number of carbonyl (C=O) groups excluding carboxylic acids is 2. The van der Waals surface area contributed by atoms with Gasteiger partial charge in [0.15, 0.2) is 0 Å². The Labute approximate surface area is 144 Å². The van der Waals surface area contributed by atoms with E-state index >= 15 is 0 Å². The number of rotatable bonds is 2. The summed E-state index contributed by atoms with van der Waals surface area (Å²) in [5.74, 6) is -0.281. The molecule has 0 radical (unpaired) electrons. The van der Waals surface area contributed by atoms with Crippen molar-refractivity contribution in [1.82, 2.24) is 14.8 Å². The van der Waals surface area contributed by atoms with Crippen LogP contribution in [-0.4, -0.2) is 53.3 Å². The first kappa shape index (κ1) is 16.5. The minimum Gasteiger partial charge on any atom is -0.360 e. The average molecular weight is 348 g/mol. The number of hydrogen-bond donors (Lipinski definition) is 1. The van der Waals surface area contributed by atoms with Crippen molar-refractivity contribution < 1.29 is 9.59 Å². The molecule has 1 aliphatic heterocycles. The lowest BCUT2D eigenvalue weighted by Gasteiger charge is -2.35. The van der Waals surface area contributed by atoms with Gasteiger partial charge in [-0.05, 0) is 24.6 Å². The highest BCUT2D eigenvalue weighted by Gasteiger charge is 2.29. The summed E-state index contributed by atoms with van der Waals surface area (Å²) in [6, 6.07) is 4.84. The van der Waals surface area contributed by atoms with E-state index in [2.05, 4.69) is 4.98 Å². The molecular formula is C17H18ClN3O3. The predicted molar refractivity (Wildman–Crippen MR) is 92.3 cm³/mol. The Kier molecular flexibility index (Phi) is 4.32. The number of nitrogens with zero attached hydrogens (tertiary/aromatic N) is 2. The summed E-state index contributed by atoms with van der Waals surface area (Å²) >= 11 is 5.95. The number of fused-ring (bicyclic) bond motifs is 1. The summed E-state index contributed by atoms with van der Waals surface area (Å²) in [4.78, 5) is 43.1. The fourth-order valence-corrected chi connectivity index (χ4v) is 3.18. The molecule has 2 amide bonds. The normalized spacial score (nSPS) is 18.0. The second-order valence-electron chi connectivity index (χ2n) is 6.10. The maximum absolute atomic E-state index is 12.8. The maximum atomic E-state index is 12.8. The first-order valence-electron chi connectivity index (χ1n) is 7.70. The van der Waals surface area contributed by atoms with E-state index in [4.69, 9.17) is 11.6 Å². The van der Waals surface area contributed by atoms with Gasteiger partial charge in [-0.15, -0.1) is 0 Å². The molecule has 2 heterocycles. The Morgan fingerprint density at radius 3 is 2.83 bits per heavy atom. The van der Waals surface area contributed by atoms with Crippen LogP contribution in [0.1, 0.15) is 23.2 Å². The predicted octanol–water partition coefficient (Wildman–Crippen LogP) is 1.87. The summed E-state index contributed by atoms with van der Waals surface area (Å²) in [5.41, 5.74) is 0.363. The molecule has 24 heavy (non-hydrogen) atoms. The fraction of sp³-hybridized carbons (Fsp3) is 0.353. The lowest BCUT2D eigenvalue weighted by atomic mass is 10.0. The molecule has 6 nitrogen and oxygen atoms in total. The maximum Gasteiger partial charge on any atom is 0.259 e. The van der Waals surface area contributed by atoms with E-state index in [1.54, 1.807) is 42.1 Å². The third-order valence-corrected chi connectivity index (χ3v) is 4.78. The Morgan fingerprint density at radius 1 is 1.38 bits per heavy atom. The lowest BCUT2D eigenvalue weighted by Crippen LogP contribution is -2.49. The molecular weight excluding hydrogens is 330 g/mol. The van der Waals surface area contributed by atoms with Crippen LogP contribution in [0.4, 0.5) is 0 Å². The second-order valence-corrected chi connectivity index (χ2v) is 6.54. The molecule has 1 N–H and O–H groups in total. The number of benzene rings is 1. The van der Waals surface area contributed by atoms with Crippen molar-refractivity contribution >= 4 is 34.3 Å². The summed E-state index contributed by atoms with van der Waals surface area (Å²) in [5, 5.41) is 0.830. The molecule has 1 aromatic heterocycles. The number of H-pyrrole nitrogens is 1. The van der Waals surface area contributed by atoms with Crippen LogP contribution in [0.3, 0.4) is 0 Å². The zero-order valence-corrected chi connectivity index (χ0v) is 14.3. The van der Waals surface area contributed by atoms with E-state index in [9.17, 15) is 14.4 Å². The molecule has 1 saturated heterocycles. The first-order valence-corrected chi connectivity index (χ1v) is 8.08. The largest absolute Gasteiger partial charge is 0.360 e. The van der Waals surface area contributed by atoms with E-state index in [1.807, 2.05) is 0 Å². The van der Waals surface area contributed by atoms with Crippen molar-refractivity contribution in [3.8, 4) is 0 Å². The number of aromatic amines is 1. The van der Waals surface area contributed by atoms with Crippen LogP contribution in [0.5, 0.6) is 0 Å². The number of nitrogens with one attached hydrogen (secondary N) is 1. The van der Waals surface area contributed by atoms with Crippen LogP contribution in [0.15, 0.2) is 29.2 Å². The minimum absolute atomic E-state index is 0.0743. The minimum atomic E-state index is -0.356. The van der Waals surface area contributed by atoms with Gasteiger partial charge in [-0.2, -0.15) is 0 Å². The molecule has 1 atom stereocenters. The van der Waals surface area contributed by atoms with E-state index < -0.39 is 0 Å². The zero-order valence-electron chi connectivity index (χ0n) is 13.5. The summed E-state index contributed by atoms with van der Waals surface area (Å²) in [6.07, 6.45) is 2.44. The third-order valence-electron chi connectivity index (χ3n) is 4.54. The van der Waals surface area contributed by atoms with Crippen LogP contribution in [0, 0.1) is 0 Å². The number of aromatic nitrogens is 1. The van der Waals surface area contributed by atoms with Gasteiger partial charge in [-0.1, -0.05) is 11.6 Å². The summed E-state index contributed by atoms with van der Waals surface area (Å²) in [7, 11) is 3.38. The van der Waals surface area contributed by atoms with Gasteiger partial charge < -0.3 is 14.8 Å². The topological polar surface area (TPSA) is 73.5 Å². The van der Waals surface area contributed by atoms with Crippen LogP contribution in [0.25, 0.3) is 10.9 Å². The van der Waals surface area contributed by atoms with Gasteiger partial charge in [0.25, 0.3) is 5.91 Å². The van der Waals surface area contributed by atoms with Crippen molar-refractivity contribution in [3.63, 3.8) is 0 Å². The molecule has 2 aromatic rings. The highest BCUT2D eigenvalue weighted by molar-refractivity contribution is 6.31. The van der Waals surface area contributed by atoms with Crippen LogP contribution in [0.2, 0.25) is 5.02 Å². The monoisotopic (exact) mass is 347 g/mol. The average Bonchev–Trinajstić information content (AvgIpc) is 2.57. The van der Waals surface area contributed by atoms with E-state index in [-0.39, 0.29) is 28.8 Å². The molecule has 0 bridgehead atoms. The van der Waals surface area contributed by atoms with Gasteiger partial charge in [0.2, 0.25) is 11.3 Å². The highest BCUT2D eigenvalue weighted by atomic mass is 35.5. The number of pyridine rings is 1. The number of hydrogen-bond acceptors (Lipinski definition) is 3. The van der Waals surface area contributed by atoms with Gasteiger partial charge in [0.05, 0.1) is 0 Å². The second kappa shape index (κ2) is 6.28. The van der Waals surface area contributed by atoms with Gasteiger partial charge in [0, 0.05) is 55.2 Å². The Morgan fingerprint density at radius 2 is 2.12 bits per heavy atom. The van der Waals surface area contributed by atoms with Gasteiger partial charge in [-0.25, -0.2) is 0 Å². The van der Waals surface area contributed by atoms with Crippen molar-refractivity contribution in [3.05, 3.63) is 45.2 Å². The molecule has 1 aliphatic rings. The van der Waals surface area contributed by atoms with E-state index in [0.717, 1.165) is 0 Å². The van der Waals surface area contributed by atoms with Crippen molar-refractivity contribution in [2.75, 3.05) is 20.6 Å². The zero-order chi connectivity index (χ0) is 17.4. The van der Waals surface area contributed by atoms with Crippen LogP contribution < -0.4 is 5.43 Å². The van der Waals surface area contributed by atoms with E-state index in [0.29, 0.717) is 35.3 Å². The molecule has 7 heteroatoms. The Bertz CT molecular complexity index is 877. The molecule has 1 unspecified atom stereocenters. The number of piperidine rings is 1. The van der Waals surface area contributed by atoms with Crippen molar-refractivity contribution in [2.24, 2.45) is 0 Å². The molecule has 0 saturated carbocycles. The SMILES string of the molecule is CN1CC(N(C)C(=O)c2c[nH]c3ccc(Cl)cc3c2=O)CCC1=O. The molecule has 1 fully saturated rings. The van der Waals surface area contributed by atoms with Crippen molar-refractivity contribution in [2.45, 2.75) is 18.9 Å². The van der Waals surface area contributed by atoms with Crippen LogP contribution >= 0.6 is 11.6 Å². The van der Waals surface area contributed by atoms with Gasteiger partial charge in [0.1, 0.15) is 5.56 Å². The lowest BCUT2D eigenvalue weighted by molar-refractivity contribution is -0.133.